The SMILES string of the molecule is CC(=O)N1CCc2cc(NC(=O)Nc3nc4c(s3)CCCCC4)ccc21. The molecule has 0 saturated heterocycles. The first kappa shape index (κ1) is 17.0. The van der Waals surface area contributed by atoms with Crippen LogP contribution in [0.3, 0.4) is 0 Å². The van der Waals surface area contributed by atoms with E-state index in [1.807, 2.05) is 18.2 Å². The van der Waals surface area contributed by atoms with Crippen molar-refractivity contribution in [1.82, 2.24) is 4.98 Å². The molecular weight excluding hydrogens is 348 g/mol. The van der Waals surface area contributed by atoms with Crippen molar-refractivity contribution in [3.63, 3.8) is 0 Å². The zero-order valence-corrected chi connectivity index (χ0v) is 15.6. The lowest BCUT2D eigenvalue weighted by Crippen LogP contribution is -2.25. The quantitative estimate of drug-likeness (QED) is 0.786. The number of anilines is 3. The molecule has 3 amide bonds. The lowest BCUT2D eigenvalue weighted by Gasteiger charge is -2.15. The fraction of sp³-hybridized carbons (Fsp3) is 0.421. The van der Waals surface area contributed by atoms with Crippen LogP contribution in [0.4, 0.5) is 21.3 Å². The van der Waals surface area contributed by atoms with Gasteiger partial charge in [-0.2, -0.15) is 0 Å². The predicted molar refractivity (Wildman–Crippen MR) is 104 cm³/mol. The van der Waals surface area contributed by atoms with Gasteiger partial charge in [-0.25, -0.2) is 9.78 Å². The van der Waals surface area contributed by atoms with Crippen molar-refractivity contribution in [3.8, 4) is 0 Å². The summed E-state index contributed by atoms with van der Waals surface area (Å²) in [5.74, 6) is 0.0470. The number of urea groups is 1. The van der Waals surface area contributed by atoms with Crippen molar-refractivity contribution in [1.29, 1.82) is 0 Å². The summed E-state index contributed by atoms with van der Waals surface area (Å²) in [6.45, 7) is 2.27. The molecule has 26 heavy (non-hydrogen) atoms. The van der Waals surface area contributed by atoms with Crippen LogP contribution < -0.4 is 15.5 Å². The maximum atomic E-state index is 12.3. The molecule has 0 fully saturated rings. The lowest BCUT2D eigenvalue weighted by molar-refractivity contribution is -0.116. The molecule has 2 N–H and O–H groups in total. The number of hydrogen-bond donors (Lipinski definition) is 2. The standard InChI is InChI=1S/C19H22N4O2S/c1-12(24)23-10-9-13-11-14(7-8-16(13)23)20-18(25)22-19-21-15-5-3-2-4-6-17(15)26-19/h7-8,11H,2-6,9-10H2,1H3,(H2,20,21,22,25). The molecule has 2 aromatic rings. The highest BCUT2D eigenvalue weighted by Crippen LogP contribution is 2.31. The van der Waals surface area contributed by atoms with Gasteiger partial charge in [0, 0.05) is 29.7 Å². The zero-order valence-electron chi connectivity index (χ0n) is 14.8. The molecule has 0 spiro atoms. The number of benzene rings is 1. The highest BCUT2D eigenvalue weighted by Gasteiger charge is 2.22. The smallest absolute Gasteiger partial charge is 0.312 e. The van der Waals surface area contributed by atoms with Crippen molar-refractivity contribution in [2.75, 3.05) is 22.1 Å². The normalized spacial score (nSPS) is 15.8. The van der Waals surface area contributed by atoms with E-state index in [1.54, 1.807) is 23.2 Å². The molecule has 136 valence electrons. The van der Waals surface area contributed by atoms with Gasteiger partial charge in [-0.05, 0) is 55.9 Å². The number of rotatable bonds is 2. The summed E-state index contributed by atoms with van der Waals surface area (Å²) in [6, 6.07) is 5.38. The molecule has 2 aliphatic rings. The maximum Gasteiger partial charge on any atom is 0.325 e. The van der Waals surface area contributed by atoms with Gasteiger partial charge in [0.15, 0.2) is 5.13 Å². The Hall–Kier alpha value is -2.41. The van der Waals surface area contributed by atoms with E-state index >= 15 is 0 Å². The van der Waals surface area contributed by atoms with E-state index in [0.717, 1.165) is 41.9 Å². The third-order valence-corrected chi connectivity index (χ3v) is 6.00. The molecular formula is C19H22N4O2S. The van der Waals surface area contributed by atoms with E-state index in [-0.39, 0.29) is 11.9 Å². The second kappa shape index (κ2) is 7.07. The molecule has 0 saturated carbocycles. The van der Waals surface area contributed by atoms with Crippen molar-refractivity contribution in [3.05, 3.63) is 34.3 Å². The molecule has 0 unspecified atom stereocenters. The molecule has 0 atom stereocenters. The first-order valence-corrected chi connectivity index (χ1v) is 9.89. The van der Waals surface area contributed by atoms with E-state index in [1.165, 1.54) is 24.1 Å². The monoisotopic (exact) mass is 370 g/mol. The van der Waals surface area contributed by atoms with Crippen LogP contribution in [0, 0.1) is 0 Å². The molecule has 1 aromatic carbocycles. The average molecular weight is 370 g/mol. The Balaban J connectivity index is 1.42. The number of carbonyl (C=O) groups excluding carboxylic acids is 2. The van der Waals surface area contributed by atoms with Crippen LogP contribution in [-0.2, 0) is 24.1 Å². The van der Waals surface area contributed by atoms with E-state index in [4.69, 9.17) is 0 Å². The van der Waals surface area contributed by atoms with Gasteiger partial charge in [0.1, 0.15) is 0 Å². The minimum atomic E-state index is -0.282. The summed E-state index contributed by atoms with van der Waals surface area (Å²) < 4.78 is 0. The Bertz CT molecular complexity index is 838. The van der Waals surface area contributed by atoms with Crippen molar-refractivity contribution >= 4 is 39.8 Å². The lowest BCUT2D eigenvalue weighted by atomic mass is 10.1. The van der Waals surface area contributed by atoms with Gasteiger partial charge in [0.25, 0.3) is 0 Å². The molecule has 1 aliphatic heterocycles. The highest BCUT2D eigenvalue weighted by molar-refractivity contribution is 7.15. The molecule has 0 radical (unpaired) electrons. The summed E-state index contributed by atoms with van der Waals surface area (Å²) >= 11 is 1.58. The number of fused-ring (bicyclic) bond motifs is 2. The van der Waals surface area contributed by atoms with Crippen LogP contribution in [0.5, 0.6) is 0 Å². The second-order valence-electron chi connectivity index (χ2n) is 6.79. The van der Waals surface area contributed by atoms with Crippen molar-refractivity contribution < 1.29 is 9.59 Å². The number of thiazole rings is 1. The number of aromatic nitrogens is 1. The fourth-order valence-electron chi connectivity index (χ4n) is 3.65. The number of amides is 3. The van der Waals surface area contributed by atoms with Crippen LogP contribution in [-0.4, -0.2) is 23.5 Å². The van der Waals surface area contributed by atoms with E-state index < -0.39 is 0 Å². The molecule has 2 heterocycles. The minimum Gasteiger partial charge on any atom is -0.312 e. The number of nitrogens with one attached hydrogen (secondary N) is 2. The largest absolute Gasteiger partial charge is 0.325 e. The molecule has 1 aromatic heterocycles. The number of aryl methyl sites for hydroxylation is 2. The van der Waals surface area contributed by atoms with Gasteiger partial charge in [-0.3, -0.25) is 10.1 Å². The van der Waals surface area contributed by atoms with E-state index in [2.05, 4.69) is 15.6 Å². The molecule has 6 nitrogen and oxygen atoms in total. The summed E-state index contributed by atoms with van der Waals surface area (Å²) in [7, 11) is 0. The topological polar surface area (TPSA) is 74.3 Å². The zero-order chi connectivity index (χ0) is 18.1. The maximum absolute atomic E-state index is 12.3. The average Bonchev–Trinajstić information content (AvgIpc) is 3.12. The van der Waals surface area contributed by atoms with Gasteiger partial charge in [0.2, 0.25) is 5.91 Å². The Labute approximate surface area is 156 Å². The highest BCUT2D eigenvalue weighted by atomic mass is 32.1. The van der Waals surface area contributed by atoms with E-state index in [0.29, 0.717) is 11.7 Å². The van der Waals surface area contributed by atoms with Crippen LogP contribution >= 0.6 is 11.3 Å². The van der Waals surface area contributed by atoms with Crippen LogP contribution in [0.15, 0.2) is 18.2 Å². The number of hydrogen-bond acceptors (Lipinski definition) is 4. The molecule has 7 heteroatoms. The Kier molecular flexibility index (Phi) is 4.63. The summed E-state index contributed by atoms with van der Waals surface area (Å²) in [5, 5.41) is 6.39. The Morgan fingerprint density at radius 2 is 1.96 bits per heavy atom. The van der Waals surface area contributed by atoms with Crippen LogP contribution in [0.2, 0.25) is 0 Å². The van der Waals surface area contributed by atoms with Crippen LogP contribution in [0.25, 0.3) is 0 Å². The summed E-state index contributed by atoms with van der Waals surface area (Å²) in [5.41, 5.74) is 3.89. The fourth-order valence-corrected chi connectivity index (χ4v) is 4.69. The van der Waals surface area contributed by atoms with Gasteiger partial charge in [-0.1, -0.05) is 6.42 Å². The summed E-state index contributed by atoms with van der Waals surface area (Å²) in [6.07, 6.45) is 6.51. The third-order valence-electron chi connectivity index (χ3n) is 4.93. The van der Waals surface area contributed by atoms with Gasteiger partial charge < -0.3 is 10.2 Å². The second-order valence-corrected chi connectivity index (χ2v) is 7.88. The Morgan fingerprint density at radius 1 is 1.12 bits per heavy atom. The van der Waals surface area contributed by atoms with Gasteiger partial charge >= 0.3 is 6.03 Å². The molecule has 1 aliphatic carbocycles. The molecule has 0 bridgehead atoms. The van der Waals surface area contributed by atoms with Gasteiger partial charge in [0.05, 0.1) is 5.69 Å². The third kappa shape index (κ3) is 3.44. The van der Waals surface area contributed by atoms with Gasteiger partial charge in [-0.15, -0.1) is 11.3 Å². The first-order chi connectivity index (χ1) is 12.6. The Morgan fingerprint density at radius 3 is 2.81 bits per heavy atom. The van der Waals surface area contributed by atoms with Crippen molar-refractivity contribution in [2.45, 2.75) is 45.4 Å². The minimum absolute atomic E-state index is 0.0470. The number of nitrogens with zero attached hydrogens (tertiary/aromatic N) is 2. The van der Waals surface area contributed by atoms with Crippen molar-refractivity contribution in [2.24, 2.45) is 0 Å². The predicted octanol–water partition coefficient (Wildman–Crippen LogP) is 3.97. The molecule has 4 rings (SSSR count). The van der Waals surface area contributed by atoms with E-state index in [9.17, 15) is 9.59 Å². The number of carbonyl (C=O) groups is 2. The first-order valence-electron chi connectivity index (χ1n) is 9.08. The summed E-state index contributed by atoms with van der Waals surface area (Å²) in [4.78, 5) is 31.6. The van der Waals surface area contributed by atoms with Crippen LogP contribution in [0.1, 0.15) is 42.3 Å².